The molecule has 2 aromatic heterocycles. The van der Waals surface area contributed by atoms with Crippen LogP contribution >= 0.6 is 0 Å². The molecule has 0 aliphatic rings. The van der Waals surface area contributed by atoms with Crippen LogP contribution in [0.25, 0.3) is 11.0 Å². The lowest BCUT2D eigenvalue weighted by Gasteiger charge is -2.06. The summed E-state index contributed by atoms with van der Waals surface area (Å²) in [6.07, 6.45) is 3.33. The molecule has 5 heteroatoms. The Hall–Kier alpha value is -3.47. The van der Waals surface area contributed by atoms with Gasteiger partial charge in [-0.15, -0.1) is 0 Å². The number of hydrogen-bond acceptors (Lipinski definition) is 3. The number of fused-ring (bicyclic) bond motifs is 1. The first-order chi connectivity index (χ1) is 12.3. The third-order valence-electron chi connectivity index (χ3n) is 3.94. The van der Waals surface area contributed by atoms with Crippen molar-refractivity contribution in [3.63, 3.8) is 0 Å². The van der Waals surface area contributed by atoms with Crippen LogP contribution in [0.3, 0.4) is 0 Å². The molecular formula is C20H16N4O. The molecule has 0 saturated heterocycles. The summed E-state index contributed by atoms with van der Waals surface area (Å²) in [7, 11) is 0. The van der Waals surface area contributed by atoms with Gasteiger partial charge in [0.25, 0.3) is 5.91 Å². The Morgan fingerprint density at radius 1 is 0.960 bits per heavy atom. The van der Waals surface area contributed by atoms with E-state index in [9.17, 15) is 4.79 Å². The maximum absolute atomic E-state index is 12.4. The van der Waals surface area contributed by atoms with Crippen LogP contribution in [0.4, 0.5) is 5.69 Å². The highest BCUT2D eigenvalue weighted by Gasteiger charge is 2.11. The normalized spacial score (nSPS) is 10.7. The molecule has 122 valence electrons. The monoisotopic (exact) mass is 328 g/mol. The highest BCUT2D eigenvalue weighted by molar-refractivity contribution is 6.05. The second-order valence-electron chi connectivity index (χ2n) is 5.74. The fourth-order valence-corrected chi connectivity index (χ4v) is 2.69. The number of rotatable bonds is 4. The number of anilines is 1. The molecule has 0 fully saturated rings. The van der Waals surface area contributed by atoms with Crippen molar-refractivity contribution in [3.05, 3.63) is 90.3 Å². The molecule has 0 spiro atoms. The van der Waals surface area contributed by atoms with Crippen LogP contribution in [-0.2, 0) is 6.54 Å². The van der Waals surface area contributed by atoms with Crippen molar-refractivity contribution in [1.82, 2.24) is 14.8 Å². The molecule has 1 N–H and O–H groups in total. The largest absolute Gasteiger partial charge is 0.322 e. The van der Waals surface area contributed by atoms with Crippen LogP contribution in [0.15, 0.2) is 79.1 Å². The minimum Gasteiger partial charge on any atom is -0.322 e. The van der Waals surface area contributed by atoms with Crippen LogP contribution in [0.5, 0.6) is 0 Å². The quantitative estimate of drug-likeness (QED) is 0.621. The number of aromatic nitrogens is 3. The van der Waals surface area contributed by atoms with Crippen molar-refractivity contribution in [2.45, 2.75) is 6.54 Å². The van der Waals surface area contributed by atoms with E-state index in [0.717, 1.165) is 22.3 Å². The van der Waals surface area contributed by atoms with E-state index < -0.39 is 0 Å². The van der Waals surface area contributed by atoms with Gasteiger partial charge in [0.1, 0.15) is 0 Å². The summed E-state index contributed by atoms with van der Waals surface area (Å²) in [5.74, 6) is -0.184. The van der Waals surface area contributed by atoms with Crippen molar-refractivity contribution in [2.75, 3.05) is 5.32 Å². The van der Waals surface area contributed by atoms with E-state index in [2.05, 4.69) is 27.5 Å². The first-order valence-corrected chi connectivity index (χ1v) is 8.01. The lowest BCUT2D eigenvalue weighted by atomic mass is 10.2. The molecule has 0 aliphatic carbocycles. The Morgan fingerprint density at radius 2 is 1.68 bits per heavy atom. The predicted octanol–water partition coefficient (Wildman–Crippen LogP) is 3.73. The van der Waals surface area contributed by atoms with E-state index in [-0.39, 0.29) is 5.91 Å². The van der Waals surface area contributed by atoms with Gasteiger partial charge in [-0.05, 0) is 23.8 Å². The minimum absolute atomic E-state index is 0.184. The smallest absolute Gasteiger partial charge is 0.257 e. The Bertz CT molecular complexity index is 1010. The third-order valence-corrected chi connectivity index (χ3v) is 3.94. The molecule has 2 heterocycles. The zero-order valence-corrected chi connectivity index (χ0v) is 13.5. The van der Waals surface area contributed by atoms with Gasteiger partial charge in [-0.3, -0.25) is 4.79 Å². The Balaban J connectivity index is 1.58. The molecule has 0 radical (unpaired) electrons. The van der Waals surface area contributed by atoms with Crippen LogP contribution in [0, 0.1) is 0 Å². The fraction of sp³-hybridized carbons (Fsp3) is 0.0500. The van der Waals surface area contributed by atoms with Gasteiger partial charge in [0.2, 0.25) is 0 Å². The lowest BCUT2D eigenvalue weighted by molar-refractivity contribution is 0.102. The van der Waals surface area contributed by atoms with Crippen molar-refractivity contribution < 1.29 is 4.79 Å². The average Bonchev–Trinajstić information content (AvgIpc) is 3.05. The summed E-state index contributed by atoms with van der Waals surface area (Å²) in [4.78, 5) is 16.8. The predicted molar refractivity (Wildman–Crippen MR) is 97.5 cm³/mol. The molecule has 0 aliphatic heterocycles. The Morgan fingerprint density at radius 3 is 2.44 bits per heavy atom. The first-order valence-electron chi connectivity index (χ1n) is 8.01. The average molecular weight is 328 g/mol. The molecule has 0 atom stereocenters. The van der Waals surface area contributed by atoms with Crippen LogP contribution in [0.2, 0.25) is 0 Å². The molecule has 0 bridgehead atoms. The molecule has 5 nitrogen and oxygen atoms in total. The number of amides is 1. The maximum Gasteiger partial charge on any atom is 0.257 e. The lowest BCUT2D eigenvalue weighted by Crippen LogP contribution is -2.12. The van der Waals surface area contributed by atoms with Gasteiger partial charge in [0.05, 0.1) is 18.3 Å². The van der Waals surface area contributed by atoms with Crippen molar-refractivity contribution >= 4 is 22.6 Å². The molecular weight excluding hydrogens is 312 g/mol. The van der Waals surface area contributed by atoms with Gasteiger partial charge >= 0.3 is 0 Å². The zero-order chi connectivity index (χ0) is 17.1. The van der Waals surface area contributed by atoms with Gasteiger partial charge in [0.15, 0.2) is 5.65 Å². The second kappa shape index (κ2) is 6.57. The molecule has 4 aromatic rings. The number of nitrogens with zero attached hydrogens (tertiary/aromatic N) is 3. The summed E-state index contributed by atoms with van der Waals surface area (Å²) in [5.41, 5.74) is 3.18. The topological polar surface area (TPSA) is 59.8 Å². The molecule has 4 rings (SSSR count). The first kappa shape index (κ1) is 15.1. The van der Waals surface area contributed by atoms with Crippen molar-refractivity contribution in [2.24, 2.45) is 0 Å². The second-order valence-corrected chi connectivity index (χ2v) is 5.74. The number of hydrogen-bond donors (Lipinski definition) is 1. The minimum atomic E-state index is -0.184. The van der Waals surface area contributed by atoms with Crippen LogP contribution in [0.1, 0.15) is 15.9 Å². The summed E-state index contributed by atoms with van der Waals surface area (Å²) in [6, 6.07) is 21.3. The van der Waals surface area contributed by atoms with Gasteiger partial charge in [-0.25, -0.2) is 9.67 Å². The van der Waals surface area contributed by atoms with Gasteiger partial charge in [0, 0.05) is 17.3 Å². The summed E-state index contributed by atoms with van der Waals surface area (Å²) in [6.45, 7) is 0.646. The maximum atomic E-state index is 12.4. The number of carbonyl (C=O) groups excluding carboxylic acids is 1. The van der Waals surface area contributed by atoms with E-state index >= 15 is 0 Å². The SMILES string of the molecule is O=C(Nc1ccccc1)c1cnc2c(cnn2Cc2ccccc2)c1. The van der Waals surface area contributed by atoms with E-state index in [0.29, 0.717) is 12.1 Å². The van der Waals surface area contributed by atoms with E-state index in [4.69, 9.17) is 0 Å². The third kappa shape index (κ3) is 3.26. The van der Waals surface area contributed by atoms with E-state index in [1.807, 2.05) is 59.3 Å². The molecule has 1 amide bonds. The summed E-state index contributed by atoms with van der Waals surface area (Å²) >= 11 is 0. The number of carbonyl (C=O) groups is 1. The highest BCUT2D eigenvalue weighted by Crippen LogP contribution is 2.16. The number of para-hydroxylation sites is 1. The van der Waals surface area contributed by atoms with Gasteiger partial charge < -0.3 is 5.32 Å². The van der Waals surface area contributed by atoms with E-state index in [1.54, 1.807) is 12.4 Å². The van der Waals surface area contributed by atoms with Gasteiger partial charge in [-0.1, -0.05) is 48.5 Å². The van der Waals surface area contributed by atoms with Crippen LogP contribution in [-0.4, -0.2) is 20.7 Å². The number of benzene rings is 2. The van der Waals surface area contributed by atoms with Crippen LogP contribution < -0.4 is 5.32 Å². The molecule has 0 saturated carbocycles. The standard InChI is InChI=1S/C20H16N4O/c25-20(23-18-9-5-2-6-10-18)17-11-16-13-22-24(19(16)21-12-17)14-15-7-3-1-4-8-15/h1-13H,14H2,(H,23,25). The molecule has 2 aromatic carbocycles. The Kier molecular flexibility index (Phi) is 3.96. The number of pyridine rings is 1. The molecule has 0 unspecified atom stereocenters. The highest BCUT2D eigenvalue weighted by atomic mass is 16.1. The van der Waals surface area contributed by atoms with Gasteiger partial charge in [-0.2, -0.15) is 5.10 Å². The van der Waals surface area contributed by atoms with Crippen molar-refractivity contribution in [3.8, 4) is 0 Å². The molecule has 25 heavy (non-hydrogen) atoms. The Labute approximate surface area is 144 Å². The van der Waals surface area contributed by atoms with E-state index in [1.165, 1.54) is 0 Å². The summed E-state index contributed by atoms with van der Waals surface area (Å²) in [5, 5.41) is 8.10. The van der Waals surface area contributed by atoms with Crippen molar-refractivity contribution in [1.29, 1.82) is 0 Å². The number of nitrogens with one attached hydrogen (secondary N) is 1. The zero-order valence-electron chi connectivity index (χ0n) is 13.5. The summed E-state index contributed by atoms with van der Waals surface area (Å²) < 4.78 is 1.84. The fourth-order valence-electron chi connectivity index (χ4n) is 2.69.